The maximum absolute atomic E-state index is 11.7. The average Bonchev–Trinajstić information content (AvgIpc) is 2.65. The minimum atomic E-state index is -0.812. The summed E-state index contributed by atoms with van der Waals surface area (Å²) < 4.78 is 1.84. The molecule has 1 aliphatic rings. The van der Waals surface area contributed by atoms with Crippen LogP contribution in [0, 0.1) is 5.92 Å². The van der Waals surface area contributed by atoms with E-state index in [2.05, 4.69) is 10.3 Å². The fourth-order valence-corrected chi connectivity index (χ4v) is 1.95. The molecule has 1 aromatic rings. The van der Waals surface area contributed by atoms with Crippen molar-refractivity contribution in [2.45, 2.75) is 13.0 Å². The van der Waals surface area contributed by atoms with Crippen LogP contribution in [0.2, 0.25) is 0 Å². The van der Waals surface area contributed by atoms with Gasteiger partial charge in [0.05, 0.1) is 13.0 Å². The number of nitrogens with zero attached hydrogens (tertiary/aromatic N) is 3. The molecular weight excluding hydrogens is 236 g/mol. The number of imidazole rings is 1. The second kappa shape index (κ2) is 5.07. The van der Waals surface area contributed by atoms with Gasteiger partial charge in [-0.05, 0) is 0 Å². The summed E-state index contributed by atoms with van der Waals surface area (Å²) in [6.45, 7) is 1.40. The van der Waals surface area contributed by atoms with Crippen molar-refractivity contribution in [2.24, 2.45) is 13.0 Å². The molecule has 2 rings (SSSR count). The number of hydrogen-bond acceptors (Lipinski definition) is 3. The first-order valence-corrected chi connectivity index (χ1v) is 5.77. The van der Waals surface area contributed by atoms with Crippen LogP contribution >= 0.6 is 0 Å². The van der Waals surface area contributed by atoms with E-state index in [0.29, 0.717) is 19.6 Å². The van der Waals surface area contributed by atoms with Crippen LogP contribution in [-0.2, 0) is 18.4 Å². The molecular formula is C11H16N4O3. The van der Waals surface area contributed by atoms with Crippen LogP contribution in [-0.4, -0.2) is 44.6 Å². The van der Waals surface area contributed by atoms with Crippen molar-refractivity contribution < 1.29 is 14.7 Å². The Bertz CT molecular complexity index is 451. The number of carboxylic acids is 1. The maximum atomic E-state index is 11.7. The Kier molecular flexibility index (Phi) is 3.50. The van der Waals surface area contributed by atoms with Gasteiger partial charge in [-0.3, -0.25) is 4.79 Å². The SMILES string of the molecule is Cn1ccnc1CNC(=O)N1CC(CC(=O)O)C1. The summed E-state index contributed by atoms with van der Waals surface area (Å²) >= 11 is 0. The molecule has 2 amide bonds. The van der Waals surface area contributed by atoms with Crippen LogP contribution in [0.5, 0.6) is 0 Å². The molecule has 2 N–H and O–H groups in total. The summed E-state index contributed by atoms with van der Waals surface area (Å²) in [5.74, 6) is 0.0560. The quantitative estimate of drug-likeness (QED) is 0.791. The van der Waals surface area contributed by atoms with E-state index in [0.717, 1.165) is 5.82 Å². The summed E-state index contributed by atoms with van der Waals surface area (Å²) in [7, 11) is 1.86. The van der Waals surface area contributed by atoms with E-state index < -0.39 is 5.97 Å². The third-order valence-electron chi connectivity index (χ3n) is 3.03. The lowest BCUT2D eigenvalue weighted by Gasteiger charge is -2.38. The molecule has 0 saturated carbocycles. The molecule has 0 spiro atoms. The van der Waals surface area contributed by atoms with Crippen LogP contribution in [0.4, 0.5) is 4.79 Å². The molecule has 0 aliphatic carbocycles. The first kappa shape index (κ1) is 12.4. The number of aromatic nitrogens is 2. The monoisotopic (exact) mass is 252 g/mol. The lowest BCUT2D eigenvalue weighted by molar-refractivity contribution is -0.139. The predicted molar refractivity (Wildman–Crippen MR) is 62.8 cm³/mol. The number of carbonyl (C=O) groups is 2. The van der Waals surface area contributed by atoms with E-state index in [-0.39, 0.29) is 18.4 Å². The highest BCUT2D eigenvalue weighted by atomic mass is 16.4. The predicted octanol–water partition coefficient (Wildman–Crippen LogP) is 0.0362. The third kappa shape index (κ3) is 2.79. The molecule has 0 radical (unpaired) electrons. The van der Waals surface area contributed by atoms with Gasteiger partial charge in [0.1, 0.15) is 5.82 Å². The molecule has 7 heteroatoms. The largest absolute Gasteiger partial charge is 0.481 e. The first-order chi connectivity index (χ1) is 8.56. The average molecular weight is 252 g/mol. The van der Waals surface area contributed by atoms with Gasteiger partial charge in [0.15, 0.2) is 0 Å². The number of aryl methyl sites for hydroxylation is 1. The lowest BCUT2D eigenvalue weighted by atomic mass is 9.97. The van der Waals surface area contributed by atoms with Crippen molar-refractivity contribution in [1.82, 2.24) is 19.8 Å². The Hall–Kier alpha value is -2.05. The normalized spacial score (nSPS) is 15.3. The Labute approximate surface area is 104 Å². The van der Waals surface area contributed by atoms with Gasteiger partial charge in [0.25, 0.3) is 0 Å². The minimum absolute atomic E-state index is 0.0846. The van der Waals surface area contributed by atoms with Gasteiger partial charge in [-0.15, -0.1) is 0 Å². The van der Waals surface area contributed by atoms with Crippen molar-refractivity contribution in [3.8, 4) is 0 Å². The summed E-state index contributed by atoms with van der Waals surface area (Å²) in [5, 5.41) is 11.4. The van der Waals surface area contributed by atoms with Gasteiger partial charge in [0.2, 0.25) is 0 Å². The smallest absolute Gasteiger partial charge is 0.317 e. The molecule has 1 fully saturated rings. The van der Waals surface area contributed by atoms with Crippen LogP contribution in [0.1, 0.15) is 12.2 Å². The topological polar surface area (TPSA) is 87.5 Å². The zero-order chi connectivity index (χ0) is 13.1. The third-order valence-corrected chi connectivity index (χ3v) is 3.03. The van der Waals surface area contributed by atoms with E-state index in [9.17, 15) is 9.59 Å². The van der Waals surface area contributed by atoms with E-state index in [4.69, 9.17) is 5.11 Å². The van der Waals surface area contributed by atoms with Gasteiger partial charge in [0, 0.05) is 38.4 Å². The van der Waals surface area contributed by atoms with E-state index in [1.54, 1.807) is 11.1 Å². The Morgan fingerprint density at radius 3 is 2.83 bits per heavy atom. The van der Waals surface area contributed by atoms with Gasteiger partial charge >= 0.3 is 12.0 Å². The molecule has 1 saturated heterocycles. The van der Waals surface area contributed by atoms with Gasteiger partial charge in [-0.2, -0.15) is 0 Å². The fourth-order valence-electron chi connectivity index (χ4n) is 1.95. The van der Waals surface area contributed by atoms with Crippen LogP contribution < -0.4 is 5.32 Å². The Morgan fingerprint density at radius 2 is 2.28 bits per heavy atom. The second-order valence-corrected chi connectivity index (χ2v) is 4.48. The number of urea groups is 1. The molecule has 0 aromatic carbocycles. The molecule has 0 atom stereocenters. The summed E-state index contributed by atoms with van der Waals surface area (Å²) in [4.78, 5) is 27.9. The number of likely N-dealkylation sites (tertiary alicyclic amines) is 1. The fraction of sp³-hybridized carbons (Fsp3) is 0.545. The van der Waals surface area contributed by atoms with Gasteiger partial charge in [-0.25, -0.2) is 9.78 Å². The van der Waals surface area contributed by atoms with Crippen molar-refractivity contribution in [3.63, 3.8) is 0 Å². The van der Waals surface area contributed by atoms with E-state index >= 15 is 0 Å². The van der Waals surface area contributed by atoms with E-state index in [1.165, 1.54) is 0 Å². The molecule has 98 valence electrons. The number of carboxylic acid groups (broad SMARTS) is 1. The molecule has 0 unspecified atom stereocenters. The molecule has 7 nitrogen and oxygen atoms in total. The molecule has 1 aromatic heterocycles. The number of carbonyl (C=O) groups excluding carboxylic acids is 1. The molecule has 1 aliphatic heterocycles. The van der Waals surface area contributed by atoms with E-state index in [1.807, 2.05) is 17.8 Å². The Balaban J connectivity index is 1.71. The minimum Gasteiger partial charge on any atom is -0.481 e. The second-order valence-electron chi connectivity index (χ2n) is 4.48. The lowest BCUT2D eigenvalue weighted by Crippen LogP contribution is -2.54. The summed E-state index contributed by atoms with van der Waals surface area (Å²) in [6.07, 6.45) is 3.62. The highest BCUT2D eigenvalue weighted by Gasteiger charge is 2.31. The van der Waals surface area contributed by atoms with Crippen LogP contribution in [0.15, 0.2) is 12.4 Å². The number of amides is 2. The zero-order valence-electron chi connectivity index (χ0n) is 10.2. The molecule has 2 heterocycles. The highest BCUT2D eigenvalue weighted by molar-refractivity contribution is 5.75. The van der Waals surface area contributed by atoms with Crippen molar-refractivity contribution in [1.29, 1.82) is 0 Å². The van der Waals surface area contributed by atoms with Gasteiger partial charge < -0.3 is 19.9 Å². The number of hydrogen-bond donors (Lipinski definition) is 2. The number of nitrogens with one attached hydrogen (secondary N) is 1. The maximum Gasteiger partial charge on any atom is 0.317 e. The molecule has 18 heavy (non-hydrogen) atoms. The first-order valence-electron chi connectivity index (χ1n) is 5.77. The number of rotatable bonds is 4. The highest BCUT2D eigenvalue weighted by Crippen LogP contribution is 2.18. The van der Waals surface area contributed by atoms with Gasteiger partial charge in [-0.1, -0.05) is 0 Å². The standard InChI is InChI=1S/C11H16N4O3/c1-14-3-2-12-9(14)5-13-11(18)15-6-8(7-15)4-10(16)17/h2-3,8H,4-7H2,1H3,(H,13,18)(H,16,17). The van der Waals surface area contributed by atoms with Crippen LogP contribution in [0.25, 0.3) is 0 Å². The van der Waals surface area contributed by atoms with Crippen LogP contribution in [0.3, 0.4) is 0 Å². The Morgan fingerprint density at radius 1 is 1.56 bits per heavy atom. The number of aliphatic carboxylic acids is 1. The molecule has 0 bridgehead atoms. The van der Waals surface area contributed by atoms with Crippen molar-refractivity contribution in [3.05, 3.63) is 18.2 Å². The van der Waals surface area contributed by atoms with Crippen molar-refractivity contribution >= 4 is 12.0 Å². The summed E-state index contributed by atoms with van der Waals surface area (Å²) in [6, 6.07) is -0.167. The van der Waals surface area contributed by atoms with Crippen molar-refractivity contribution in [2.75, 3.05) is 13.1 Å². The zero-order valence-corrected chi connectivity index (χ0v) is 10.2. The summed E-state index contributed by atoms with van der Waals surface area (Å²) in [5.41, 5.74) is 0.